The summed E-state index contributed by atoms with van der Waals surface area (Å²) in [4.78, 5) is 11.9. The van der Waals surface area contributed by atoms with Gasteiger partial charge in [0.15, 0.2) is 0 Å². The third-order valence-corrected chi connectivity index (χ3v) is 3.26. The van der Waals surface area contributed by atoms with E-state index in [0.717, 1.165) is 5.33 Å². The second-order valence-corrected chi connectivity index (χ2v) is 4.81. The van der Waals surface area contributed by atoms with Gasteiger partial charge in [-0.2, -0.15) is 5.26 Å². The largest absolute Gasteiger partial charge is 0.348 e. The van der Waals surface area contributed by atoms with E-state index >= 15 is 0 Å². The van der Waals surface area contributed by atoms with Gasteiger partial charge in [0.1, 0.15) is 0 Å². The lowest BCUT2D eigenvalue weighted by atomic mass is 10.1. The molecule has 1 aromatic carbocycles. The van der Waals surface area contributed by atoms with Crippen LogP contribution in [0, 0.1) is 17.2 Å². The molecule has 0 heterocycles. The van der Waals surface area contributed by atoms with Gasteiger partial charge in [0.25, 0.3) is 5.91 Å². The van der Waals surface area contributed by atoms with Crippen molar-refractivity contribution in [2.45, 2.75) is 19.9 Å². The average Bonchev–Trinajstić information content (AvgIpc) is 2.35. The van der Waals surface area contributed by atoms with E-state index in [-0.39, 0.29) is 11.9 Å². The van der Waals surface area contributed by atoms with E-state index in [1.165, 1.54) is 0 Å². The fourth-order valence-corrected chi connectivity index (χ4v) is 2.24. The molecule has 17 heavy (non-hydrogen) atoms. The molecule has 0 aromatic heterocycles. The molecule has 90 valence electrons. The second-order valence-electron chi connectivity index (χ2n) is 4.17. The van der Waals surface area contributed by atoms with Gasteiger partial charge in [0.05, 0.1) is 11.6 Å². The summed E-state index contributed by atoms with van der Waals surface area (Å²) in [5.41, 5.74) is 1.14. The number of hydrogen-bond donors (Lipinski definition) is 1. The van der Waals surface area contributed by atoms with Crippen molar-refractivity contribution in [1.29, 1.82) is 5.26 Å². The third kappa shape index (κ3) is 3.86. The van der Waals surface area contributed by atoms with Crippen molar-refractivity contribution in [1.82, 2.24) is 5.32 Å². The topological polar surface area (TPSA) is 52.9 Å². The van der Waals surface area contributed by atoms with Crippen molar-refractivity contribution in [3.8, 4) is 6.07 Å². The molecular formula is C13H15BrN2O. The number of halogens is 1. The highest BCUT2D eigenvalue weighted by Crippen LogP contribution is 2.08. The molecule has 3 nitrogen and oxygen atoms in total. The van der Waals surface area contributed by atoms with Crippen LogP contribution in [0.5, 0.6) is 0 Å². The van der Waals surface area contributed by atoms with Gasteiger partial charge in [0.2, 0.25) is 0 Å². The summed E-state index contributed by atoms with van der Waals surface area (Å²) >= 11 is 3.38. The fraction of sp³-hybridized carbons (Fsp3) is 0.385. The van der Waals surface area contributed by atoms with Gasteiger partial charge in [-0.05, 0) is 30.2 Å². The quantitative estimate of drug-likeness (QED) is 0.868. The molecule has 0 aliphatic rings. The molecule has 0 saturated heterocycles. The maximum Gasteiger partial charge on any atom is 0.251 e. The molecule has 0 radical (unpaired) electrons. The smallest absolute Gasteiger partial charge is 0.251 e. The molecule has 0 spiro atoms. The minimum Gasteiger partial charge on any atom is -0.348 e. The first kappa shape index (κ1) is 13.7. The van der Waals surface area contributed by atoms with Crippen molar-refractivity contribution in [3.05, 3.63) is 35.4 Å². The standard InChI is InChI=1S/C13H15BrN2O/c1-9(2)12(7-14)16-13(17)11-5-3-10(8-15)4-6-11/h3-6,9,12H,7H2,1-2H3,(H,16,17). The van der Waals surface area contributed by atoms with Crippen molar-refractivity contribution in [2.75, 3.05) is 5.33 Å². The molecule has 0 bridgehead atoms. The van der Waals surface area contributed by atoms with Crippen LogP contribution in [0.3, 0.4) is 0 Å². The van der Waals surface area contributed by atoms with Gasteiger partial charge >= 0.3 is 0 Å². The zero-order valence-electron chi connectivity index (χ0n) is 9.90. The van der Waals surface area contributed by atoms with Crippen LogP contribution >= 0.6 is 15.9 Å². The Morgan fingerprint density at radius 1 is 1.41 bits per heavy atom. The molecule has 0 saturated carbocycles. The van der Waals surface area contributed by atoms with E-state index in [1.807, 2.05) is 6.07 Å². The Labute approximate surface area is 110 Å². The molecule has 1 rings (SSSR count). The molecule has 1 unspecified atom stereocenters. The minimum absolute atomic E-state index is 0.104. The van der Waals surface area contributed by atoms with E-state index < -0.39 is 0 Å². The summed E-state index contributed by atoms with van der Waals surface area (Å²) in [5.74, 6) is 0.268. The SMILES string of the molecule is CC(C)C(CBr)NC(=O)c1ccc(C#N)cc1. The summed E-state index contributed by atoms with van der Waals surface area (Å²) < 4.78 is 0. The van der Waals surface area contributed by atoms with Crippen molar-refractivity contribution in [3.63, 3.8) is 0 Å². The van der Waals surface area contributed by atoms with Gasteiger partial charge in [-0.1, -0.05) is 29.8 Å². The zero-order valence-corrected chi connectivity index (χ0v) is 11.5. The molecule has 0 aliphatic heterocycles. The van der Waals surface area contributed by atoms with Crippen molar-refractivity contribution in [2.24, 2.45) is 5.92 Å². The number of nitriles is 1. The van der Waals surface area contributed by atoms with Gasteiger partial charge in [0, 0.05) is 16.9 Å². The molecule has 0 fully saturated rings. The number of alkyl halides is 1. The predicted octanol–water partition coefficient (Wildman–Crippen LogP) is 2.71. The Kier molecular flexibility index (Phi) is 5.17. The lowest BCUT2D eigenvalue weighted by Crippen LogP contribution is -2.39. The highest BCUT2D eigenvalue weighted by molar-refractivity contribution is 9.09. The number of nitrogens with one attached hydrogen (secondary N) is 1. The molecule has 1 aromatic rings. The van der Waals surface area contributed by atoms with Crippen LogP contribution in [0.25, 0.3) is 0 Å². The summed E-state index contributed by atoms with van der Waals surface area (Å²) in [7, 11) is 0. The van der Waals surface area contributed by atoms with E-state index in [9.17, 15) is 4.79 Å². The van der Waals surface area contributed by atoms with Gasteiger partial charge in [-0.15, -0.1) is 0 Å². The first-order valence-electron chi connectivity index (χ1n) is 5.45. The summed E-state index contributed by atoms with van der Waals surface area (Å²) in [6.07, 6.45) is 0. The monoisotopic (exact) mass is 294 g/mol. The van der Waals surface area contributed by atoms with Crippen LogP contribution in [-0.4, -0.2) is 17.3 Å². The van der Waals surface area contributed by atoms with Gasteiger partial charge in [-0.3, -0.25) is 4.79 Å². The van der Waals surface area contributed by atoms with Crippen LogP contribution in [-0.2, 0) is 0 Å². The van der Waals surface area contributed by atoms with Crippen LogP contribution in [0.1, 0.15) is 29.8 Å². The number of amides is 1. The molecule has 4 heteroatoms. The first-order chi connectivity index (χ1) is 8.08. The van der Waals surface area contributed by atoms with Crippen LogP contribution in [0.4, 0.5) is 0 Å². The highest BCUT2D eigenvalue weighted by atomic mass is 79.9. The number of benzene rings is 1. The Morgan fingerprint density at radius 3 is 2.41 bits per heavy atom. The molecular weight excluding hydrogens is 280 g/mol. The Morgan fingerprint density at radius 2 is 2.00 bits per heavy atom. The first-order valence-corrected chi connectivity index (χ1v) is 6.57. The van der Waals surface area contributed by atoms with Crippen LogP contribution in [0.2, 0.25) is 0 Å². The number of carbonyl (C=O) groups excluding carboxylic acids is 1. The molecule has 1 N–H and O–H groups in total. The Hall–Kier alpha value is -1.34. The lowest BCUT2D eigenvalue weighted by molar-refractivity contribution is 0.0932. The maximum absolute atomic E-state index is 11.9. The van der Waals surface area contributed by atoms with Gasteiger partial charge < -0.3 is 5.32 Å². The zero-order chi connectivity index (χ0) is 12.8. The minimum atomic E-state index is -0.104. The lowest BCUT2D eigenvalue weighted by Gasteiger charge is -2.19. The summed E-state index contributed by atoms with van der Waals surface area (Å²) in [6, 6.07) is 8.76. The van der Waals surface area contributed by atoms with E-state index in [0.29, 0.717) is 17.0 Å². The van der Waals surface area contributed by atoms with Crippen molar-refractivity contribution >= 4 is 21.8 Å². The molecule has 1 atom stereocenters. The second kappa shape index (κ2) is 6.41. The molecule has 1 amide bonds. The van der Waals surface area contributed by atoms with Crippen LogP contribution in [0.15, 0.2) is 24.3 Å². The van der Waals surface area contributed by atoms with Crippen molar-refractivity contribution < 1.29 is 4.79 Å². The Bertz CT molecular complexity index is 420. The van der Waals surface area contributed by atoms with Gasteiger partial charge in [-0.25, -0.2) is 0 Å². The number of carbonyl (C=O) groups is 1. The number of hydrogen-bond acceptors (Lipinski definition) is 2. The average molecular weight is 295 g/mol. The number of rotatable bonds is 4. The Balaban J connectivity index is 2.73. The predicted molar refractivity (Wildman–Crippen MR) is 71.0 cm³/mol. The molecule has 0 aliphatic carbocycles. The van der Waals surface area contributed by atoms with E-state index in [4.69, 9.17) is 5.26 Å². The third-order valence-electron chi connectivity index (χ3n) is 2.56. The maximum atomic E-state index is 11.9. The van der Waals surface area contributed by atoms with E-state index in [1.54, 1.807) is 24.3 Å². The fourth-order valence-electron chi connectivity index (χ4n) is 1.33. The number of nitrogens with zero attached hydrogens (tertiary/aromatic N) is 1. The highest BCUT2D eigenvalue weighted by Gasteiger charge is 2.15. The summed E-state index contributed by atoms with van der Waals surface area (Å²) in [5, 5.41) is 12.3. The summed E-state index contributed by atoms with van der Waals surface area (Å²) in [6.45, 7) is 4.12. The normalized spacial score (nSPS) is 11.9. The van der Waals surface area contributed by atoms with E-state index in [2.05, 4.69) is 35.1 Å². The van der Waals surface area contributed by atoms with Crippen LogP contribution < -0.4 is 5.32 Å².